The Labute approximate surface area is 157 Å². The largest absolute Gasteiger partial charge is 0.496 e. The molecule has 1 aromatic carbocycles. The standard InChI is InChI=1S/C20H29O5P/c1-7-14(12-26(23-5)24-6)9-10-16-15(8-2)13(3)17-11-25-20(21)18(17)19(16)22-4/h9H,7-8,10-12H2,1-6H3/b14-9+. The molecule has 144 valence electrons. The van der Waals surface area contributed by atoms with E-state index in [2.05, 4.69) is 26.8 Å². The maximum Gasteiger partial charge on any atom is 0.342 e. The summed E-state index contributed by atoms with van der Waals surface area (Å²) in [4.78, 5) is 12.2. The summed E-state index contributed by atoms with van der Waals surface area (Å²) in [6, 6.07) is 0. The monoisotopic (exact) mass is 380 g/mol. The maximum atomic E-state index is 12.2. The molecule has 0 saturated carbocycles. The zero-order chi connectivity index (χ0) is 19.3. The van der Waals surface area contributed by atoms with Crippen molar-refractivity contribution in [3.63, 3.8) is 0 Å². The van der Waals surface area contributed by atoms with Crippen molar-refractivity contribution in [2.75, 3.05) is 27.5 Å². The molecule has 0 amide bonds. The molecule has 2 rings (SSSR count). The molecule has 0 aromatic heterocycles. The first kappa shape index (κ1) is 20.9. The first-order valence-electron chi connectivity index (χ1n) is 8.94. The van der Waals surface area contributed by atoms with Gasteiger partial charge in [0.15, 0.2) is 8.38 Å². The number of allylic oxidation sites excluding steroid dienone is 2. The Kier molecular flexibility index (Phi) is 7.63. The highest BCUT2D eigenvalue weighted by Gasteiger charge is 2.31. The molecule has 0 N–H and O–H groups in total. The van der Waals surface area contributed by atoms with Crippen molar-refractivity contribution < 1.29 is 23.3 Å². The molecule has 0 radical (unpaired) electrons. The van der Waals surface area contributed by atoms with Crippen molar-refractivity contribution in [2.45, 2.75) is 46.6 Å². The lowest BCUT2D eigenvalue weighted by atomic mass is 9.89. The molecule has 1 aromatic rings. The van der Waals surface area contributed by atoms with Crippen LogP contribution >= 0.6 is 8.38 Å². The summed E-state index contributed by atoms with van der Waals surface area (Å²) >= 11 is 0. The van der Waals surface area contributed by atoms with E-state index < -0.39 is 8.38 Å². The van der Waals surface area contributed by atoms with Gasteiger partial charge in [-0.3, -0.25) is 0 Å². The second kappa shape index (κ2) is 9.50. The van der Waals surface area contributed by atoms with Crippen LogP contribution in [0.2, 0.25) is 0 Å². The average Bonchev–Trinajstić information content (AvgIpc) is 3.04. The van der Waals surface area contributed by atoms with Crippen molar-refractivity contribution >= 4 is 14.3 Å². The number of cyclic esters (lactones) is 1. The Bertz CT molecular complexity index is 692. The van der Waals surface area contributed by atoms with Gasteiger partial charge in [-0.2, -0.15) is 0 Å². The topological polar surface area (TPSA) is 54.0 Å². The minimum absolute atomic E-state index is 0.286. The Hall–Kier alpha value is -1.42. The third kappa shape index (κ3) is 4.11. The molecule has 0 bridgehead atoms. The van der Waals surface area contributed by atoms with E-state index >= 15 is 0 Å². The van der Waals surface area contributed by atoms with E-state index in [1.807, 2.05) is 0 Å². The van der Waals surface area contributed by atoms with Gasteiger partial charge < -0.3 is 18.5 Å². The normalized spacial score (nSPS) is 14.0. The quantitative estimate of drug-likeness (QED) is 0.352. The number of hydrogen-bond acceptors (Lipinski definition) is 5. The number of ether oxygens (including phenoxy) is 2. The molecule has 0 fully saturated rings. The molecule has 0 aliphatic carbocycles. The van der Waals surface area contributed by atoms with Crippen LogP contribution in [0.25, 0.3) is 0 Å². The van der Waals surface area contributed by atoms with Crippen molar-refractivity contribution in [1.29, 1.82) is 0 Å². The lowest BCUT2D eigenvalue weighted by Crippen LogP contribution is -2.08. The molecule has 1 heterocycles. The Morgan fingerprint density at radius 1 is 1.19 bits per heavy atom. The number of rotatable bonds is 9. The second-order valence-corrected chi connectivity index (χ2v) is 7.89. The van der Waals surface area contributed by atoms with Crippen molar-refractivity contribution in [1.82, 2.24) is 0 Å². The number of methoxy groups -OCH3 is 1. The number of carbonyl (C=O) groups excluding carboxylic acids is 1. The lowest BCUT2D eigenvalue weighted by molar-refractivity contribution is 0.0532. The average molecular weight is 380 g/mol. The van der Waals surface area contributed by atoms with E-state index in [1.165, 1.54) is 11.1 Å². The molecule has 0 saturated heterocycles. The summed E-state index contributed by atoms with van der Waals surface area (Å²) in [6.45, 7) is 6.68. The highest BCUT2D eigenvalue weighted by Crippen LogP contribution is 2.41. The number of benzene rings is 1. The van der Waals surface area contributed by atoms with Crippen LogP contribution < -0.4 is 4.74 Å². The van der Waals surface area contributed by atoms with E-state index in [4.69, 9.17) is 18.5 Å². The molecule has 0 unspecified atom stereocenters. The van der Waals surface area contributed by atoms with E-state index in [-0.39, 0.29) is 5.97 Å². The Balaban J connectivity index is 2.45. The first-order valence-corrected chi connectivity index (χ1v) is 10.3. The second-order valence-electron chi connectivity index (χ2n) is 6.17. The molecular formula is C20H29O5P. The van der Waals surface area contributed by atoms with Crippen LogP contribution in [0.3, 0.4) is 0 Å². The SMILES string of the molecule is CC/C(=C\Cc1c(CC)c(C)c2c(c1OC)C(=O)OC2)CP(OC)OC. The summed E-state index contributed by atoms with van der Waals surface area (Å²) in [5.74, 6) is 0.378. The van der Waals surface area contributed by atoms with Crippen LogP contribution in [-0.2, 0) is 33.2 Å². The van der Waals surface area contributed by atoms with Gasteiger partial charge in [0.05, 0.1) is 7.11 Å². The summed E-state index contributed by atoms with van der Waals surface area (Å²) in [5.41, 5.74) is 6.31. The van der Waals surface area contributed by atoms with Crippen LogP contribution in [0.1, 0.15) is 52.9 Å². The van der Waals surface area contributed by atoms with Gasteiger partial charge in [-0.1, -0.05) is 25.5 Å². The van der Waals surface area contributed by atoms with Gasteiger partial charge in [-0.05, 0) is 37.3 Å². The number of carbonyl (C=O) groups is 1. The van der Waals surface area contributed by atoms with Gasteiger partial charge in [0.25, 0.3) is 0 Å². The zero-order valence-electron chi connectivity index (χ0n) is 16.6. The minimum atomic E-state index is -0.896. The van der Waals surface area contributed by atoms with Crippen LogP contribution in [0.4, 0.5) is 0 Å². The van der Waals surface area contributed by atoms with Gasteiger partial charge in [-0.15, -0.1) is 0 Å². The number of fused-ring (bicyclic) bond motifs is 1. The molecule has 0 spiro atoms. The van der Waals surface area contributed by atoms with Gasteiger partial charge in [-0.25, -0.2) is 4.79 Å². The van der Waals surface area contributed by atoms with E-state index in [0.29, 0.717) is 24.3 Å². The van der Waals surface area contributed by atoms with Crippen LogP contribution in [0, 0.1) is 6.92 Å². The summed E-state index contributed by atoms with van der Waals surface area (Å²) in [6.07, 6.45) is 5.54. The molecule has 1 aliphatic heterocycles. The molecule has 6 heteroatoms. The van der Waals surface area contributed by atoms with Gasteiger partial charge in [0.1, 0.15) is 17.9 Å². The predicted molar refractivity (Wildman–Crippen MR) is 104 cm³/mol. The van der Waals surface area contributed by atoms with Crippen molar-refractivity contribution in [2.24, 2.45) is 0 Å². The fraction of sp³-hybridized carbons (Fsp3) is 0.550. The van der Waals surface area contributed by atoms with Crippen LogP contribution in [-0.4, -0.2) is 33.5 Å². The molecule has 0 atom stereocenters. The summed E-state index contributed by atoms with van der Waals surface area (Å²) < 4.78 is 21.7. The van der Waals surface area contributed by atoms with Crippen molar-refractivity contribution in [3.8, 4) is 5.75 Å². The number of esters is 1. The van der Waals surface area contributed by atoms with E-state index in [1.54, 1.807) is 21.3 Å². The van der Waals surface area contributed by atoms with Gasteiger partial charge in [0, 0.05) is 31.5 Å². The van der Waals surface area contributed by atoms with Gasteiger partial charge >= 0.3 is 5.97 Å². The fourth-order valence-corrected chi connectivity index (χ4v) is 4.58. The molecule has 1 aliphatic rings. The third-order valence-electron chi connectivity index (χ3n) is 4.97. The van der Waals surface area contributed by atoms with Crippen molar-refractivity contribution in [3.05, 3.63) is 39.5 Å². The van der Waals surface area contributed by atoms with E-state index in [0.717, 1.165) is 35.7 Å². The Morgan fingerprint density at radius 2 is 1.88 bits per heavy atom. The summed E-state index contributed by atoms with van der Waals surface area (Å²) in [5, 5.41) is 0. The van der Waals surface area contributed by atoms with E-state index in [9.17, 15) is 4.79 Å². The Morgan fingerprint density at radius 3 is 2.42 bits per heavy atom. The van der Waals surface area contributed by atoms with Crippen LogP contribution in [0.15, 0.2) is 11.6 Å². The zero-order valence-corrected chi connectivity index (χ0v) is 17.5. The highest BCUT2D eigenvalue weighted by atomic mass is 31.2. The number of hydrogen-bond donors (Lipinski definition) is 0. The molecular weight excluding hydrogens is 351 g/mol. The third-order valence-corrected chi connectivity index (χ3v) is 6.45. The predicted octanol–water partition coefficient (Wildman–Crippen LogP) is 4.72. The first-order chi connectivity index (χ1) is 12.5. The molecule has 5 nitrogen and oxygen atoms in total. The maximum absolute atomic E-state index is 12.2. The lowest BCUT2D eigenvalue weighted by Gasteiger charge is -2.19. The van der Waals surface area contributed by atoms with Crippen LogP contribution in [0.5, 0.6) is 5.75 Å². The van der Waals surface area contributed by atoms with Gasteiger partial charge in [0.2, 0.25) is 0 Å². The smallest absolute Gasteiger partial charge is 0.342 e. The highest BCUT2D eigenvalue weighted by molar-refractivity contribution is 7.47. The summed E-state index contributed by atoms with van der Waals surface area (Å²) in [7, 11) is 4.08. The minimum Gasteiger partial charge on any atom is -0.496 e. The molecule has 26 heavy (non-hydrogen) atoms. The fourth-order valence-electron chi connectivity index (χ4n) is 3.48.